The molecule has 0 bridgehead atoms. The van der Waals surface area contributed by atoms with Crippen molar-refractivity contribution in [3.8, 4) is 6.07 Å². The third-order valence-electron chi connectivity index (χ3n) is 3.52. The lowest BCUT2D eigenvalue weighted by Crippen LogP contribution is -2.32. The SMILES string of the molecule is CC(=O)NC(c1c(F)c(F)cc(Cl)c1F)C(C#N)c1ccc(F)cc1. The number of hydrogen-bond acceptors (Lipinski definition) is 2. The van der Waals surface area contributed by atoms with Crippen LogP contribution in [0.5, 0.6) is 0 Å². The van der Waals surface area contributed by atoms with E-state index in [4.69, 9.17) is 11.6 Å². The summed E-state index contributed by atoms with van der Waals surface area (Å²) in [5.74, 6) is -6.88. The number of carbonyl (C=O) groups is 1. The van der Waals surface area contributed by atoms with Gasteiger partial charge in [-0.15, -0.1) is 0 Å². The fourth-order valence-corrected chi connectivity index (χ4v) is 2.62. The van der Waals surface area contributed by atoms with Crippen molar-refractivity contribution in [3.05, 3.63) is 69.8 Å². The molecule has 2 unspecified atom stereocenters. The average Bonchev–Trinajstić information content (AvgIpc) is 2.55. The smallest absolute Gasteiger partial charge is 0.217 e. The molecule has 0 aromatic heterocycles. The van der Waals surface area contributed by atoms with Crippen LogP contribution >= 0.6 is 11.6 Å². The van der Waals surface area contributed by atoms with Gasteiger partial charge in [0.1, 0.15) is 11.6 Å². The van der Waals surface area contributed by atoms with E-state index in [1.54, 1.807) is 6.07 Å². The Hall–Kier alpha value is -2.59. The molecule has 0 fully saturated rings. The lowest BCUT2D eigenvalue weighted by molar-refractivity contribution is -0.119. The molecule has 1 amide bonds. The lowest BCUT2D eigenvalue weighted by Gasteiger charge is -2.25. The van der Waals surface area contributed by atoms with E-state index in [0.717, 1.165) is 19.1 Å². The Morgan fingerprint density at radius 3 is 2.28 bits per heavy atom. The highest BCUT2D eigenvalue weighted by molar-refractivity contribution is 6.30. The number of rotatable bonds is 4. The van der Waals surface area contributed by atoms with Gasteiger partial charge in [-0.1, -0.05) is 23.7 Å². The number of amides is 1. The van der Waals surface area contributed by atoms with Crippen LogP contribution in [0.2, 0.25) is 5.02 Å². The van der Waals surface area contributed by atoms with Crippen LogP contribution in [0.3, 0.4) is 0 Å². The van der Waals surface area contributed by atoms with Crippen LogP contribution in [0, 0.1) is 34.6 Å². The maximum absolute atomic E-state index is 14.4. The first-order valence-electron chi connectivity index (χ1n) is 7.01. The number of hydrogen-bond donors (Lipinski definition) is 1. The van der Waals surface area contributed by atoms with Crippen molar-refractivity contribution in [1.29, 1.82) is 5.26 Å². The van der Waals surface area contributed by atoms with E-state index in [0.29, 0.717) is 6.07 Å². The standard InChI is InChI=1S/C17H11ClF4N2O/c1-8(25)24-17(11(7-23)9-2-4-10(19)5-3-9)14-15(21)12(18)6-13(20)16(14)22/h2-6,11,17H,1H3,(H,24,25). The molecule has 2 aromatic rings. The first-order chi connectivity index (χ1) is 11.8. The van der Waals surface area contributed by atoms with Crippen LogP contribution in [0.1, 0.15) is 30.0 Å². The molecule has 2 aromatic carbocycles. The maximum atomic E-state index is 14.4. The molecule has 3 nitrogen and oxygen atoms in total. The summed E-state index contributed by atoms with van der Waals surface area (Å²) in [7, 11) is 0. The minimum absolute atomic E-state index is 0.182. The first kappa shape index (κ1) is 18.7. The Kier molecular flexibility index (Phi) is 5.65. The van der Waals surface area contributed by atoms with Gasteiger partial charge in [0.05, 0.1) is 28.6 Å². The van der Waals surface area contributed by atoms with Gasteiger partial charge in [0.15, 0.2) is 11.6 Å². The fraction of sp³-hybridized carbons (Fsp3) is 0.176. The molecular weight excluding hydrogens is 360 g/mol. The van der Waals surface area contributed by atoms with Crippen molar-refractivity contribution in [1.82, 2.24) is 5.32 Å². The van der Waals surface area contributed by atoms with Gasteiger partial charge in [0.2, 0.25) is 5.91 Å². The quantitative estimate of drug-likeness (QED) is 0.641. The summed E-state index contributed by atoms with van der Waals surface area (Å²) in [5.41, 5.74) is -0.696. The van der Waals surface area contributed by atoms with E-state index < -0.39 is 51.7 Å². The monoisotopic (exact) mass is 370 g/mol. The molecule has 0 saturated carbocycles. The molecule has 0 saturated heterocycles. The van der Waals surface area contributed by atoms with Crippen LogP contribution in [-0.2, 0) is 4.79 Å². The van der Waals surface area contributed by atoms with Crippen LogP contribution < -0.4 is 5.32 Å². The maximum Gasteiger partial charge on any atom is 0.217 e. The minimum atomic E-state index is -1.57. The van der Waals surface area contributed by atoms with E-state index in [1.807, 2.05) is 0 Å². The van der Waals surface area contributed by atoms with Gasteiger partial charge in [-0.3, -0.25) is 4.79 Å². The molecular formula is C17H11ClF4N2O. The molecule has 0 aliphatic carbocycles. The van der Waals surface area contributed by atoms with Gasteiger partial charge in [-0.2, -0.15) is 5.26 Å². The largest absolute Gasteiger partial charge is 0.348 e. The van der Waals surface area contributed by atoms with E-state index in [1.165, 1.54) is 12.1 Å². The molecule has 8 heteroatoms. The highest BCUT2D eigenvalue weighted by Gasteiger charge is 2.33. The molecule has 130 valence electrons. The molecule has 1 N–H and O–H groups in total. The van der Waals surface area contributed by atoms with Crippen molar-refractivity contribution < 1.29 is 22.4 Å². The Labute approximate surface area is 145 Å². The summed E-state index contributed by atoms with van der Waals surface area (Å²) in [6, 6.07) is 5.25. The topological polar surface area (TPSA) is 52.9 Å². The third kappa shape index (κ3) is 3.91. The zero-order valence-corrected chi connectivity index (χ0v) is 13.5. The van der Waals surface area contributed by atoms with Gasteiger partial charge in [-0.25, -0.2) is 17.6 Å². The molecule has 0 radical (unpaired) electrons. The number of halogens is 5. The summed E-state index contributed by atoms with van der Waals surface area (Å²) >= 11 is 5.56. The van der Waals surface area contributed by atoms with Crippen molar-refractivity contribution in [3.63, 3.8) is 0 Å². The summed E-state index contributed by atoms with van der Waals surface area (Å²) in [6.45, 7) is 1.07. The van der Waals surface area contributed by atoms with E-state index >= 15 is 0 Å². The Morgan fingerprint density at radius 1 is 1.16 bits per heavy atom. The van der Waals surface area contributed by atoms with Gasteiger partial charge in [-0.05, 0) is 23.8 Å². The third-order valence-corrected chi connectivity index (χ3v) is 3.79. The van der Waals surface area contributed by atoms with Crippen molar-refractivity contribution in [2.24, 2.45) is 0 Å². The van der Waals surface area contributed by atoms with Crippen molar-refractivity contribution in [2.75, 3.05) is 0 Å². The molecule has 2 atom stereocenters. The highest BCUT2D eigenvalue weighted by Crippen LogP contribution is 2.36. The Morgan fingerprint density at radius 2 is 1.76 bits per heavy atom. The summed E-state index contributed by atoms with van der Waals surface area (Å²) in [4.78, 5) is 11.5. The Bertz CT molecular complexity index is 823. The summed E-state index contributed by atoms with van der Waals surface area (Å²) < 4.78 is 55.3. The van der Waals surface area contributed by atoms with Crippen molar-refractivity contribution in [2.45, 2.75) is 18.9 Å². The van der Waals surface area contributed by atoms with Crippen LogP contribution in [0.15, 0.2) is 30.3 Å². The molecule has 0 heterocycles. The summed E-state index contributed by atoms with van der Waals surface area (Å²) in [5, 5.41) is 11.0. The minimum Gasteiger partial charge on any atom is -0.348 e. The summed E-state index contributed by atoms with van der Waals surface area (Å²) in [6.07, 6.45) is 0. The van der Waals surface area contributed by atoms with Crippen molar-refractivity contribution >= 4 is 17.5 Å². The van der Waals surface area contributed by atoms with Gasteiger partial charge in [0, 0.05) is 6.92 Å². The fourth-order valence-electron chi connectivity index (χ4n) is 2.42. The predicted molar refractivity (Wildman–Crippen MR) is 82.6 cm³/mol. The number of nitrogens with zero attached hydrogens (tertiary/aromatic N) is 1. The lowest BCUT2D eigenvalue weighted by atomic mass is 9.87. The highest BCUT2D eigenvalue weighted by atomic mass is 35.5. The van der Waals surface area contributed by atoms with E-state index in [9.17, 15) is 27.6 Å². The second kappa shape index (κ2) is 7.53. The van der Waals surface area contributed by atoms with E-state index in [2.05, 4.69) is 5.32 Å². The molecule has 0 aliphatic rings. The second-order valence-corrected chi connectivity index (χ2v) is 5.63. The number of benzene rings is 2. The average molecular weight is 371 g/mol. The van der Waals surface area contributed by atoms with Crippen LogP contribution in [0.25, 0.3) is 0 Å². The number of carbonyl (C=O) groups excluding carboxylic acids is 1. The Balaban J connectivity index is 2.66. The predicted octanol–water partition coefficient (Wildman–Crippen LogP) is 4.38. The van der Waals surface area contributed by atoms with E-state index in [-0.39, 0.29) is 5.56 Å². The zero-order valence-electron chi connectivity index (χ0n) is 12.8. The molecule has 0 aliphatic heterocycles. The molecule has 25 heavy (non-hydrogen) atoms. The van der Waals surface area contributed by atoms with Gasteiger partial charge < -0.3 is 5.32 Å². The normalized spacial score (nSPS) is 13.0. The van der Waals surface area contributed by atoms with Gasteiger partial charge in [0.25, 0.3) is 0 Å². The van der Waals surface area contributed by atoms with Gasteiger partial charge >= 0.3 is 0 Å². The second-order valence-electron chi connectivity index (χ2n) is 5.22. The molecule has 2 rings (SSSR count). The molecule has 0 spiro atoms. The first-order valence-corrected chi connectivity index (χ1v) is 7.39. The number of nitriles is 1. The van der Waals surface area contributed by atoms with Crippen LogP contribution in [-0.4, -0.2) is 5.91 Å². The van der Waals surface area contributed by atoms with Crippen LogP contribution in [0.4, 0.5) is 17.6 Å². The number of nitrogens with one attached hydrogen (secondary N) is 1. The zero-order chi connectivity index (χ0) is 18.7.